The van der Waals surface area contributed by atoms with Crippen LogP contribution >= 0.6 is 15.9 Å². The number of alkyl halides is 1. The summed E-state index contributed by atoms with van der Waals surface area (Å²) in [5, 5.41) is 3.42. The fourth-order valence-electron chi connectivity index (χ4n) is 4.88. The second-order valence-corrected chi connectivity index (χ2v) is 8.98. The van der Waals surface area contributed by atoms with Crippen molar-refractivity contribution in [2.45, 2.75) is 47.6 Å². The Morgan fingerprint density at radius 2 is 1.41 bits per heavy atom. The molecule has 0 radical (unpaired) electrons. The number of rotatable bonds is 5. The molecule has 1 aliphatic heterocycles. The number of anilines is 2. The molecule has 156 valence electrons. The minimum atomic E-state index is 0.0310. The lowest BCUT2D eigenvalue weighted by Gasteiger charge is -2.29. The van der Waals surface area contributed by atoms with Crippen molar-refractivity contribution in [3.05, 3.63) is 57.6 Å². The van der Waals surface area contributed by atoms with Gasteiger partial charge in [0.1, 0.15) is 0 Å². The summed E-state index contributed by atoms with van der Waals surface area (Å²) in [5.74, 6) is 0.0310. The van der Waals surface area contributed by atoms with Crippen molar-refractivity contribution < 1.29 is 4.79 Å². The van der Waals surface area contributed by atoms with Gasteiger partial charge in [0.05, 0.1) is 18.0 Å². The first-order chi connectivity index (χ1) is 13.7. The highest BCUT2D eigenvalue weighted by Gasteiger charge is 2.33. The Hall–Kier alpha value is -2.01. The average Bonchev–Trinajstić information content (AvgIpc) is 3.01. The van der Waals surface area contributed by atoms with Gasteiger partial charge >= 0.3 is 0 Å². The van der Waals surface area contributed by atoms with Crippen LogP contribution in [0, 0.1) is 41.5 Å². The quantitative estimate of drug-likeness (QED) is 0.660. The third-order valence-corrected chi connectivity index (χ3v) is 6.23. The van der Waals surface area contributed by atoms with E-state index in [1.54, 1.807) is 0 Å². The lowest BCUT2D eigenvalue weighted by atomic mass is 10.0. The Bertz CT molecular complexity index is 878. The fraction of sp³-hybridized carbons (Fsp3) is 0.458. The van der Waals surface area contributed by atoms with E-state index in [1.165, 1.54) is 44.8 Å². The first kappa shape index (κ1) is 21.7. The van der Waals surface area contributed by atoms with E-state index in [4.69, 9.17) is 0 Å². The smallest absolute Gasteiger partial charge is 0.230 e. The predicted octanol–water partition coefficient (Wildman–Crippen LogP) is 4.70. The molecule has 2 aromatic rings. The zero-order valence-electron chi connectivity index (χ0n) is 18.4. The van der Waals surface area contributed by atoms with Gasteiger partial charge in [-0.2, -0.15) is 0 Å². The summed E-state index contributed by atoms with van der Waals surface area (Å²) in [6.45, 7) is 15.4. The molecule has 1 unspecified atom stereocenters. The number of carbonyl (C=O) groups is 1. The molecule has 0 saturated carbocycles. The van der Waals surface area contributed by atoms with Crippen molar-refractivity contribution in [3.63, 3.8) is 0 Å². The molecule has 0 aromatic heterocycles. The third kappa shape index (κ3) is 4.61. The van der Waals surface area contributed by atoms with Gasteiger partial charge in [-0.15, -0.1) is 0 Å². The molecule has 5 heteroatoms. The van der Waals surface area contributed by atoms with Crippen molar-refractivity contribution in [3.8, 4) is 0 Å². The molecule has 0 bridgehead atoms. The van der Waals surface area contributed by atoms with Crippen molar-refractivity contribution in [2.24, 2.45) is 0 Å². The molecule has 0 aliphatic carbocycles. The molecular weight excluding hydrogens is 426 g/mol. The van der Waals surface area contributed by atoms with Crippen LogP contribution in [-0.2, 0) is 4.79 Å². The summed E-state index contributed by atoms with van der Waals surface area (Å²) in [4.78, 5) is 16.8. The number of nitrogens with zero attached hydrogens (tertiary/aromatic N) is 2. The first-order valence-electron chi connectivity index (χ1n) is 10.2. The molecule has 1 fully saturated rings. The van der Waals surface area contributed by atoms with E-state index in [0.29, 0.717) is 11.9 Å². The summed E-state index contributed by atoms with van der Waals surface area (Å²) in [6, 6.07) is 9.24. The second-order valence-electron chi connectivity index (χ2n) is 8.42. The van der Waals surface area contributed by atoms with Crippen LogP contribution < -0.4 is 15.1 Å². The summed E-state index contributed by atoms with van der Waals surface area (Å²) in [5.41, 5.74) is 10.4. The standard InChI is InChI=1S/C24H32BrN3O/c1-15-7-17(3)23(18(4)8-15)27-13-21(12-26-22(29)11-25)28(14-27)24-19(5)9-16(2)10-20(24)6/h7-10,21H,11-14H2,1-6H3,(H,26,29). The van der Waals surface area contributed by atoms with Gasteiger partial charge in [-0.25, -0.2) is 0 Å². The van der Waals surface area contributed by atoms with Gasteiger partial charge in [-0.05, 0) is 63.8 Å². The Balaban J connectivity index is 1.98. The first-order valence-corrected chi connectivity index (χ1v) is 11.3. The number of nitrogens with one attached hydrogen (secondary N) is 1. The number of benzene rings is 2. The van der Waals surface area contributed by atoms with Crippen LogP contribution in [0.3, 0.4) is 0 Å². The summed E-state index contributed by atoms with van der Waals surface area (Å²) in [7, 11) is 0. The molecule has 1 saturated heterocycles. The molecule has 3 rings (SSSR count). The van der Waals surface area contributed by atoms with Gasteiger partial charge in [0.15, 0.2) is 0 Å². The van der Waals surface area contributed by atoms with Crippen molar-refractivity contribution in [1.82, 2.24) is 5.32 Å². The number of aryl methyl sites for hydroxylation is 6. The monoisotopic (exact) mass is 457 g/mol. The Morgan fingerprint density at radius 3 is 1.90 bits per heavy atom. The molecule has 1 aliphatic rings. The molecule has 2 aromatic carbocycles. The van der Waals surface area contributed by atoms with Crippen molar-refractivity contribution >= 4 is 33.2 Å². The van der Waals surface area contributed by atoms with Crippen molar-refractivity contribution in [2.75, 3.05) is 34.9 Å². The van der Waals surface area contributed by atoms with Gasteiger partial charge in [0.25, 0.3) is 0 Å². The Morgan fingerprint density at radius 1 is 0.931 bits per heavy atom. The van der Waals surface area contributed by atoms with Gasteiger partial charge in [0.2, 0.25) is 5.91 Å². The maximum Gasteiger partial charge on any atom is 0.230 e. The van der Waals surface area contributed by atoms with E-state index < -0.39 is 0 Å². The minimum absolute atomic E-state index is 0.0310. The number of amides is 1. The van der Waals surface area contributed by atoms with Gasteiger partial charge in [-0.1, -0.05) is 51.3 Å². The molecule has 4 nitrogen and oxygen atoms in total. The van der Waals surface area contributed by atoms with Gasteiger partial charge in [-0.3, -0.25) is 4.79 Å². The number of halogens is 1. The maximum absolute atomic E-state index is 11.9. The SMILES string of the molecule is Cc1cc(C)c(N2CC(CNC(=O)CBr)N(c3c(C)cc(C)cc3C)C2)c(C)c1. The maximum atomic E-state index is 11.9. The van der Waals surface area contributed by atoms with Crippen LogP contribution in [-0.4, -0.2) is 37.0 Å². The minimum Gasteiger partial charge on any atom is -0.353 e. The van der Waals surface area contributed by atoms with Crippen LogP contribution in [0.15, 0.2) is 24.3 Å². The van der Waals surface area contributed by atoms with Crippen LogP contribution in [0.1, 0.15) is 33.4 Å². The van der Waals surface area contributed by atoms with Gasteiger partial charge in [0, 0.05) is 24.5 Å². The summed E-state index contributed by atoms with van der Waals surface area (Å²) in [6.07, 6.45) is 0. The van der Waals surface area contributed by atoms with E-state index in [1.807, 2.05) is 0 Å². The number of carbonyl (C=O) groups excluding carboxylic acids is 1. The normalized spacial score (nSPS) is 16.4. The highest BCUT2D eigenvalue weighted by atomic mass is 79.9. The highest BCUT2D eigenvalue weighted by Crippen LogP contribution is 2.35. The fourth-order valence-corrected chi connectivity index (χ4v) is 5.07. The van der Waals surface area contributed by atoms with Crippen LogP contribution in [0.2, 0.25) is 0 Å². The third-order valence-electron chi connectivity index (χ3n) is 5.73. The van der Waals surface area contributed by atoms with Crippen LogP contribution in [0.5, 0.6) is 0 Å². The van der Waals surface area contributed by atoms with Gasteiger partial charge < -0.3 is 15.1 Å². The number of hydrogen-bond acceptors (Lipinski definition) is 3. The largest absolute Gasteiger partial charge is 0.353 e. The highest BCUT2D eigenvalue weighted by molar-refractivity contribution is 9.09. The average molecular weight is 458 g/mol. The molecule has 1 heterocycles. The Kier molecular flexibility index (Phi) is 6.57. The molecule has 0 spiro atoms. The lowest BCUT2D eigenvalue weighted by molar-refractivity contribution is -0.118. The lowest BCUT2D eigenvalue weighted by Crippen LogP contribution is -2.42. The van der Waals surface area contributed by atoms with E-state index in [-0.39, 0.29) is 11.9 Å². The summed E-state index contributed by atoms with van der Waals surface area (Å²) < 4.78 is 0. The molecule has 1 amide bonds. The van der Waals surface area contributed by atoms with E-state index >= 15 is 0 Å². The Labute approximate surface area is 183 Å². The predicted molar refractivity (Wildman–Crippen MR) is 127 cm³/mol. The number of hydrogen-bond donors (Lipinski definition) is 1. The molecule has 29 heavy (non-hydrogen) atoms. The second kappa shape index (κ2) is 8.78. The zero-order valence-corrected chi connectivity index (χ0v) is 20.0. The van der Waals surface area contributed by atoms with E-state index in [2.05, 4.69) is 96.9 Å². The van der Waals surface area contributed by atoms with E-state index in [9.17, 15) is 4.79 Å². The molecule has 1 N–H and O–H groups in total. The molecular formula is C24H32BrN3O. The zero-order chi connectivity index (χ0) is 21.3. The van der Waals surface area contributed by atoms with E-state index in [0.717, 1.165) is 13.2 Å². The molecule has 1 atom stereocenters. The van der Waals surface area contributed by atoms with Crippen LogP contribution in [0.4, 0.5) is 11.4 Å². The topological polar surface area (TPSA) is 35.6 Å². The van der Waals surface area contributed by atoms with Crippen LogP contribution in [0.25, 0.3) is 0 Å². The van der Waals surface area contributed by atoms with Crippen molar-refractivity contribution in [1.29, 1.82) is 0 Å². The summed E-state index contributed by atoms with van der Waals surface area (Å²) >= 11 is 3.25.